The minimum Gasteiger partial charge on any atom is -0.341 e. The molecule has 2 aliphatic heterocycles. The van der Waals surface area contributed by atoms with E-state index < -0.39 is 0 Å². The largest absolute Gasteiger partial charge is 0.341 e. The van der Waals surface area contributed by atoms with Crippen molar-refractivity contribution in [3.63, 3.8) is 0 Å². The summed E-state index contributed by atoms with van der Waals surface area (Å²) in [6.07, 6.45) is 8.56. The van der Waals surface area contributed by atoms with Crippen molar-refractivity contribution in [2.45, 2.75) is 45.1 Å². The van der Waals surface area contributed by atoms with Gasteiger partial charge in [-0.2, -0.15) is 5.10 Å². The summed E-state index contributed by atoms with van der Waals surface area (Å²) in [5, 5.41) is 4.80. The van der Waals surface area contributed by atoms with Crippen LogP contribution in [0.3, 0.4) is 0 Å². The van der Waals surface area contributed by atoms with E-state index in [1.165, 1.54) is 18.4 Å². The van der Waals surface area contributed by atoms with Crippen LogP contribution in [0.1, 0.15) is 48.5 Å². The Bertz CT molecular complexity index is 1100. The van der Waals surface area contributed by atoms with Crippen LogP contribution >= 0.6 is 0 Å². The minimum atomic E-state index is -0.0191. The number of rotatable bonds is 5. The monoisotopic (exact) mass is 430 g/mol. The second-order valence-electron chi connectivity index (χ2n) is 8.95. The summed E-state index contributed by atoms with van der Waals surface area (Å²) in [6, 6.07) is 10.2. The van der Waals surface area contributed by atoms with Crippen molar-refractivity contribution in [1.29, 1.82) is 0 Å². The average Bonchev–Trinajstić information content (AvgIpc) is 3.56. The quantitative estimate of drug-likeness (QED) is 0.618. The Kier molecular flexibility index (Phi) is 5.64. The van der Waals surface area contributed by atoms with E-state index in [0.717, 1.165) is 60.9 Å². The van der Waals surface area contributed by atoms with E-state index in [9.17, 15) is 4.79 Å². The molecule has 2 saturated heterocycles. The van der Waals surface area contributed by atoms with Crippen molar-refractivity contribution < 1.29 is 4.79 Å². The van der Waals surface area contributed by atoms with Gasteiger partial charge in [0.15, 0.2) is 0 Å². The number of hydrogen-bond acceptors (Lipinski definition) is 5. The fraction of sp³-hybridized carbons (Fsp3) is 0.440. The molecule has 1 atom stereocenters. The third-order valence-corrected chi connectivity index (χ3v) is 6.53. The fourth-order valence-corrected chi connectivity index (χ4v) is 4.85. The first kappa shape index (κ1) is 20.7. The molecule has 166 valence electrons. The second kappa shape index (κ2) is 8.73. The number of hydrogen-bond donors (Lipinski definition) is 0. The smallest absolute Gasteiger partial charge is 0.227 e. The SMILES string of the molecule is Cc1ccc(CC(=O)N2CCC[C@H]2c2nn(C)cc2-c2ccnc(N3CCCC3)n2)cc1. The number of anilines is 1. The Hall–Kier alpha value is -3.22. The van der Waals surface area contributed by atoms with E-state index in [2.05, 4.69) is 28.9 Å². The molecule has 7 heteroatoms. The van der Waals surface area contributed by atoms with Gasteiger partial charge < -0.3 is 9.80 Å². The number of carbonyl (C=O) groups excluding carboxylic acids is 1. The summed E-state index contributed by atoms with van der Waals surface area (Å²) in [6.45, 7) is 4.85. The van der Waals surface area contributed by atoms with E-state index in [4.69, 9.17) is 10.1 Å². The maximum absolute atomic E-state index is 13.2. The first-order valence-electron chi connectivity index (χ1n) is 11.6. The Morgan fingerprint density at radius 2 is 1.84 bits per heavy atom. The average molecular weight is 431 g/mol. The molecule has 0 unspecified atom stereocenters. The van der Waals surface area contributed by atoms with Crippen LogP contribution < -0.4 is 4.90 Å². The van der Waals surface area contributed by atoms with E-state index >= 15 is 0 Å². The van der Waals surface area contributed by atoms with E-state index in [0.29, 0.717) is 6.42 Å². The number of nitrogens with zero attached hydrogens (tertiary/aromatic N) is 6. The van der Waals surface area contributed by atoms with Gasteiger partial charge in [0.2, 0.25) is 11.9 Å². The van der Waals surface area contributed by atoms with Gasteiger partial charge in [0, 0.05) is 44.6 Å². The summed E-state index contributed by atoms with van der Waals surface area (Å²) in [7, 11) is 1.93. The van der Waals surface area contributed by atoms with Crippen LogP contribution in [0, 0.1) is 6.92 Å². The maximum atomic E-state index is 13.2. The molecule has 1 aromatic carbocycles. The van der Waals surface area contributed by atoms with Gasteiger partial charge >= 0.3 is 0 Å². The number of aryl methyl sites for hydroxylation is 2. The van der Waals surface area contributed by atoms with Crippen LogP contribution in [-0.4, -0.2) is 50.2 Å². The zero-order valence-corrected chi connectivity index (χ0v) is 18.9. The molecule has 2 aliphatic rings. The van der Waals surface area contributed by atoms with Gasteiger partial charge in [-0.05, 0) is 44.2 Å². The molecule has 3 aromatic rings. The summed E-state index contributed by atoms with van der Waals surface area (Å²) in [4.78, 5) is 26.9. The van der Waals surface area contributed by atoms with Gasteiger partial charge in [-0.3, -0.25) is 9.48 Å². The first-order chi connectivity index (χ1) is 15.6. The van der Waals surface area contributed by atoms with Crippen LogP contribution in [-0.2, 0) is 18.3 Å². The molecule has 0 aliphatic carbocycles. The van der Waals surface area contributed by atoms with Crippen LogP contribution in [0.2, 0.25) is 0 Å². The molecule has 0 N–H and O–H groups in total. The molecule has 32 heavy (non-hydrogen) atoms. The maximum Gasteiger partial charge on any atom is 0.227 e. The lowest BCUT2D eigenvalue weighted by Crippen LogP contribution is -2.32. The van der Waals surface area contributed by atoms with Crippen LogP contribution in [0.25, 0.3) is 11.3 Å². The Morgan fingerprint density at radius 1 is 1.06 bits per heavy atom. The van der Waals surface area contributed by atoms with Gasteiger partial charge in [0.05, 0.1) is 23.9 Å². The van der Waals surface area contributed by atoms with Crippen molar-refractivity contribution in [2.75, 3.05) is 24.5 Å². The highest BCUT2D eigenvalue weighted by molar-refractivity contribution is 5.80. The molecule has 2 fully saturated rings. The zero-order valence-electron chi connectivity index (χ0n) is 18.9. The number of amides is 1. The lowest BCUT2D eigenvalue weighted by atomic mass is 10.0. The van der Waals surface area contributed by atoms with E-state index in [-0.39, 0.29) is 11.9 Å². The summed E-state index contributed by atoms with van der Waals surface area (Å²) in [5.41, 5.74) is 5.07. The normalized spacial score (nSPS) is 18.5. The van der Waals surface area contributed by atoms with Gasteiger partial charge in [-0.15, -0.1) is 0 Å². The molecule has 0 radical (unpaired) electrons. The highest BCUT2D eigenvalue weighted by Gasteiger charge is 2.34. The third kappa shape index (κ3) is 4.11. The molecule has 7 nitrogen and oxygen atoms in total. The van der Waals surface area contributed by atoms with Gasteiger partial charge in [0.25, 0.3) is 0 Å². The lowest BCUT2D eigenvalue weighted by molar-refractivity contribution is -0.131. The van der Waals surface area contributed by atoms with Gasteiger partial charge in [-0.1, -0.05) is 29.8 Å². The number of benzene rings is 1. The predicted molar refractivity (Wildman–Crippen MR) is 124 cm³/mol. The highest BCUT2D eigenvalue weighted by Crippen LogP contribution is 2.37. The van der Waals surface area contributed by atoms with Gasteiger partial charge in [0.1, 0.15) is 0 Å². The van der Waals surface area contributed by atoms with Crippen molar-refractivity contribution in [2.24, 2.45) is 7.05 Å². The van der Waals surface area contributed by atoms with Gasteiger partial charge in [-0.25, -0.2) is 9.97 Å². The van der Waals surface area contributed by atoms with E-state index in [1.54, 1.807) is 0 Å². The molecular formula is C25H30N6O. The molecule has 5 rings (SSSR count). The Balaban J connectivity index is 1.42. The number of aromatic nitrogens is 4. The number of carbonyl (C=O) groups is 1. The highest BCUT2D eigenvalue weighted by atomic mass is 16.2. The first-order valence-corrected chi connectivity index (χ1v) is 11.6. The molecule has 0 bridgehead atoms. The predicted octanol–water partition coefficient (Wildman–Crippen LogP) is 3.69. The molecule has 0 saturated carbocycles. The molecule has 2 aromatic heterocycles. The topological polar surface area (TPSA) is 67.2 Å². The zero-order chi connectivity index (χ0) is 22.1. The summed E-state index contributed by atoms with van der Waals surface area (Å²) < 4.78 is 1.84. The lowest BCUT2D eigenvalue weighted by Gasteiger charge is -2.24. The van der Waals surface area contributed by atoms with Crippen LogP contribution in [0.5, 0.6) is 0 Å². The summed E-state index contributed by atoms with van der Waals surface area (Å²) >= 11 is 0. The standard InChI is InChI=1S/C25H30N6O/c1-18-7-9-19(10-8-18)16-23(32)31-15-5-6-22(31)24-20(17-29(2)28-24)21-11-12-26-25(27-21)30-13-3-4-14-30/h7-12,17,22H,3-6,13-16H2,1-2H3/t22-/m0/s1. The van der Waals surface area contributed by atoms with E-state index in [1.807, 2.05) is 47.2 Å². The fourth-order valence-electron chi connectivity index (χ4n) is 4.85. The second-order valence-corrected chi connectivity index (χ2v) is 8.95. The van der Waals surface area contributed by atoms with Crippen LogP contribution in [0.4, 0.5) is 5.95 Å². The van der Waals surface area contributed by atoms with Crippen molar-refractivity contribution in [1.82, 2.24) is 24.6 Å². The Morgan fingerprint density at radius 3 is 2.62 bits per heavy atom. The third-order valence-electron chi connectivity index (χ3n) is 6.53. The minimum absolute atomic E-state index is 0.0191. The van der Waals surface area contributed by atoms with Crippen LogP contribution in [0.15, 0.2) is 42.7 Å². The Labute approximate surface area is 189 Å². The number of likely N-dealkylation sites (tertiary alicyclic amines) is 1. The molecule has 1 amide bonds. The van der Waals surface area contributed by atoms with Crippen molar-refractivity contribution >= 4 is 11.9 Å². The molecule has 0 spiro atoms. The van der Waals surface area contributed by atoms with Crippen molar-refractivity contribution in [3.8, 4) is 11.3 Å². The summed E-state index contributed by atoms with van der Waals surface area (Å²) in [5.74, 6) is 0.946. The molecule has 4 heterocycles. The molecular weight excluding hydrogens is 400 g/mol. The van der Waals surface area contributed by atoms with Crippen molar-refractivity contribution in [3.05, 3.63) is 59.5 Å².